The summed E-state index contributed by atoms with van der Waals surface area (Å²) >= 11 is 0. The molecule has 0 aliphatic carbocycles. The Morgan fingerprint density at radius 1 is 1.06 bits per heavy atom. The Labute approximate surface area is 183 Å². The Bertz CT molecular complexity index is 856. The maximum atomic E-state index is 13.3. The van der Waals surface area contributed by atoms with Gasteiger partial charge in [-0.25, -0.2) is 8.78 Å². The number of rotatable bonds is 8. The predicted molar refractivity (Wildman–Crippen MR) is 117 cm³/mol. The van der Waals surface area contributed by atoms with E-state index in [0.717, 1.165) is 45.1 Å². The van der Waals surface area contributed by atoms with E-state index in [1.807, 2.05) is 0 Å². The van der Waals surface area contributed by atoms with Crippen molar-refractivity contribution in [2.24, 2.45) is 11.8 Å². The van der Waals surface area contributed by atoms with Gasteiger partial charge in [-0.2, -0.15) is 0 Å². The lowest BCUT2D eigenvalue weighted by Gasteiger charge is -2.46. The fourth-order valence-electron chi connectivity index (χ4n) is 5.07. The molecule has 2 saturated heterocycles. The van der Waals surface area contributed by atoms with Gasteiger partial charge in [-0.3, -0.25) is 9.69 Å². The van der Waals surface area contributed by atoms with Crippen LogP contribution in [-0.2, 0) is 17.9 Å². The van der Waals surface area contributed by atoms with Gasteiger partial charge in [0.2, 0.25) is 5.91 Å². The van der Waals surface area contributed by atoms with Gasteiger partial charge in [0.1, 0.15) is 11.6 Å². The van der Waals surface area contributed by atoms with Crippen molar-refractivity contribution in [3.63, 3.8) is 0 Å². The molecule has 2 aliphatic rings. The topological polar surface area (TPSA) is 44.4 Å². The third-order valence-corrected chi connectivity index (χ3v) is 6.46. The van der Waals surface area contributed by atoms with Crippen LogP contribution in [0.2, 0.25) is 0 Å². The average Bonchev–Trinajstić information content (AvgIpc) is 2.74. The van der Waals surface area contributed by atoms with Crippen molar-refractivity contribution < 1.29 is 13.6 Å². The van der Waals surface area contributed by atoms with Gasteiger partial charge in [-0.05, 0) is 60.9 Å². The summed E-state index contributed by atoms with van der Waals surface area (Å²) in [4.78, 5) is 14.7. The Morgan fingerprint density at radius 3 is 2.61 bits per heavy atom. The van der Waals surface area contributed by atoms with E-state index in [1.165, 1.54) is 24.1 Å². The third-order valence-electron chi connectivity index (χ3n) is 6.46. The molecular formula is C25H31F2N3O. The minimum atomic E-state index is -0.625. The number of hydrogen-bond acceptors (Lipinski definition) is 3. The van der Waals surface area contributed by atoms with Gasteiger partial charge in [-0.1, -0.05) is 30.3 Å². The van der Waals surface area contributed by atoms with E-state index in [4.69, 9.17) is 0 Å². The smallest absolute Gasteiger partial charge is 0.220 e. The highest BCUT2D eigenvalue weighted by molar-refractivity contribution is 5.75. The van der Waals surface area contributed by atoms with Crippen molar-refractivity contribution in [2.75, 3.05) is 19.6 Å². The molecule has 3 atom stereocenters. The maximum absolute atomic E-state index is 13.3. The SMILES string of the molecule is O=C(CCC[C@H]1NC[C@@H]2C[C@H]1CN(Cc1ccccc1)C2)NCc1cc(F)cc(F)c1. The van der Waals surface area contributed by atoms with Crippen LogP contribution in [-0.4, -0.2) is 36.5 Å². The molecule has 6 heteroatoms. The van der Waals surface area contributed by atoms with Crippen molar-refractivity contribution in [3.05, 3.63) is 71.3 Å². The number of benzene rings is 2. The first-order valence-electron chi connectivity index (χ1n) is 11.3. The lowest BCUT2D eigenvalue weighted by atomic mass is 9.79. The van der Waals surface area contributed by atoms with Crippen LogP contribution in [0.3, 0.4) is 0 Å². The highest BCUT2D eigenvalue weighted by Crippen LogP contribution is 2.31. The van der Waals surface area contributed by atoms with Gasteiger partial charge in [0.15, 0.2) is 0 Å². The van der Waals surface area contributed by atoms with E-state index in [0.29, 0.717) is 29.9 Å². The molecule has 2 N–H and O–H groups in total. The van der Waals surface area contributed by atoms with Crippen LogP contribution < -0.4 is 10.6 Å². The number of halogens is 2. The molecule has 2 bridgehead atoms. The summed E-state index contributed by atoms with van der Waals surface area (Å²) in [6.45, 7) is 4.44. The maximum Gasteiger partial charge on any atom is 0.220 e. The van der Waals surface area contributed by atoms with Gasteiger partial charge >= 0.3 is 0 Å². The molecule has 0 radical (unpaired) electrons. The van der Waals surface area contributed by atoms with Crippen molar-refractivity contribution in [2.45, 2.75) is 44.8 Å². The number of nitrogens with zero attached hydrogens (tertiary/aromatic N) is 1. The molecule has 4 nitrogen and oxygen atoms in total. The lowest BCUT2D eigenvalue weighted by molar-refractivity contribution is -0.121. The first kappa shape index (κ1) is 21.9. The molecule has 2 heterocycles. The number of fused-ring (bicyclic) bond motifs is 2. The average molecular weight is 428 g/mol. The number of nitrogens with one attached hydrogen (secondary N) is 2. The molecule has 0 saturated carbocycles. The Hall–Kier alpha value is -2.31. The molecule has 2 aromatic rings. The fourth-order valence-corrected chi connectivity index (χ4v) is 5.07. The Morgan fingerprint density at radius 2 is 1.84 bits per heavy atom. The molecule has 2 fully saturated rings. The monoisotopic (exact) mass is 427 g/mol. The number of piperidine rings is 2. The van der Waals surface area contributed by atoms with E-state index in [-0.39, 0.29) is 12.5 Å². The third kappa shape index (κ3) is 6.34. The van der Waals surface area contributed by atoms with Crippen LogP contribution in [0.15, 0.2) is 48.5 Å². The second-order valence-electron chi connectivity index (χ2n) is 9.00. The van der Waals surface area contributed by atoms with Crippen LogP contribution in [0.1, 0.15) is 36.8 Å². The summed E-state index contributed by atoms with van der Waals surface area (Å²) in [5.74, 6) is -0.00430. The number of carbonyl (C=O) groups excluding carboxylic acids is 1. The van der Waals surface area contributed by atoms with Crippen molar-refractivity contribution in [3.8, 4) is 0 Å². The molecule has 1 amide bonds. The van der Waals surface area contributed by atoms with Crippen LogP contribution in [0, 0.1) is 23.5 Å². The van der Waals surface area contributed by atoms with Gasteiger partial charge in [0.05, 0.1) is 0 Å². The van der Waals surface area contributed by atoms with Gasteiger partial charge in [0.25, 0.3) is 0 Å². The Kier molecular flexibility index (Phi) is 7.30. The second-order valence-corrected chi connectivity index (χ2v) is 9.00. The van der Waals surface area contributed by atoms with E-state index in [2.05, 4.69) is 45.9 Å². The highest BCUT2D eigenvalue weighted by Gasteiger charge is 2.36. The van der Waals surface area contributed by atoms with E-state index in [1.54, 1.807) is 0 Å². The molecule has 0 spiro atoms. The molecule has 0 aromatic heterocycles. The van der Waals surface area contributed by atoms with Crippen LogP contribution >= 0.6 is 0 Å². The van der Waals surface area contributed by atoms with Gasteiger partial charge in [0, 0.05) is 44.7 Å². The van der Waals surface area contributed by atoms with Gasteiger partial charge in [-0.15, -0.1) is 0 Å². The first-order chi connectivity index (χ1) is 15.0. The number of likely N-dealkylation sites (tertiary alicyclic amines) is 1. The molecule has 0 unspecified atom stereocenters. The Balaban J connectivity index is 1.20. The standard InChI is InChI=1S/C25H31F2N3O/c26-22-10-19(11-23(27)12-22)13-29-25(31)8-4-7-24-21-9-20(14-28-24)16-30(17-21)15-18-5-2-1-3-6-18/h1-3,5-6,10-12,20-21,24,28H,4,7-9,13-17H2,(H,29,31)/t20-,21-,24+/m0/s1. The summed E-state index contributed by atoms with van der Waals surface area (Å²) in [5, 5.41) is 6.48. The normalized spacial score (nSPS) is 23.5. The lowest BCUT2D eigenvalue weighted by Crippen LogP contribution is -2.55. The molecule has 2 aliphatic heterocycles. The molecule has 4 rings (SSSR count). The zero-order chi connectivity index (χ0) is 21.6. The minimum Gasteiger partial charge on any atom is -0.352 e. The van der Waals surface area contributed by atoms with E-state index in [9.17, 15) is 13.6 Å². The largest absolute Gasteiger partial charge is 0.352 e. The van der Waals surface area contributed by atoms with E-state index < -0.39 is 11.6 Å². The summed E-state index contributed by atoms with van der Waals surface area (Å²) in [6, 6.07) is 14.4. The summed E-state index contributed by atoms with van der Waals surface area (Å²) in [6.07, 6.45) is 3.47. The zero-order valence-corrected chi connectivity index (χ0v) is 17.8. The molecular weight excluding hydrogens is 396 g/mol. The fraction of sp³-hybridized carbons (Fsp3) is 0.480. The predicted octanol–water partition coefficient (Wildman–Crippen LogP) is 3.86. The van der Waals surface area contributed by atoms with Crippen LogP contribution in [0.5, 0.6) is 0 Å². The van der Waals surface area contributed by atoms with Crippen LogP contribution in [0.4, 0.5) is 8.78 Å². The molecule has 31 heavy (non-hydrogen) atoms. The zero-order valence-electron chi connectivity index (χ0n) is 17.8. The number of amides is 1. The van der Waals surface area contributed by atoms with Crippen LogP contribution in [0.25, 0.3) is 0 Å². The quantitative estimate of drug-likeness (QED) is 0.672. The molecule has 2 aromatic carbocycles. The van der Waals surface area contributed by atoms with E-state index >= 15 is 0 Å². The minimum absolute atomic E-state index is 0.0762. The summed E-state index contributed by atoms with van der Waals surface area (Å²) < 4.78 is 26.5. The first-order valence-corrected chi connectivity index (χ1v) is 11.3. The van der Waals surface area contributed by atoms with Crippen molar-refractivity contribution in [1.29, 1.82) is 0 Å². The summed E-state index contributed by atoms with van der Waals surface area (Å²) in [5.41, 5.74) is 1.80. The van der Waals surface area contributed by atoms with Crippen molar-refractivity contribution in [1.82, 2.24) is 15.5 Å². The summed E-state index contributed by atoms with van der Waals surface area (Å²) in [7, 11) is 0. The number of hydrogen-bond donors (Lipinski definition) is 2. The molecule has 166 valence electrons. The highest BCUT2D eigenvalue weighted by atomic mass is 19.1. The van der Waals surface area contributed by atoms with Crippen molar-refractivity contribution >= 4 is 5.91 Å². The number of carbonyl (C=O) groups is 1. The second kappa shape index (κ2) is 10.3. The van der Waals surface area contributed by atoms with Gasteiger partial charge < -0.3 is 10.6 Å².